The van der Waals surface area contributed by atoms with Gasteiger partial charge in [-0.2, -0.15) is 9.37 Å². The first-order valence-electron chi connectivity index (χ1n) is 8.79. The molecular weight excluding hydrogens is 335 g/mol. The molecule has 2 aliphatic rings. The second kappa shape index (κ2) is 6.55. The smallest absolute Gasteiger partial charge is 0.255 e. The van der Waals surface area contributed by atoms with Crippen molar-refractivity contribution in [1.29, 1.82) is 0 Å². The number of hydrogen-bond donors (Lipinski definition) is 1. The summed E-state index contributed by atoms with van der Waals surface area (Å²) in [7, 11) is 1.39. The van der Waals surface area contributed by atoms with Crippen LogP contribution < -0.4 is 15.0 Å². The molecule has 1 aromatic heterocycles. The lowest BCUT2D eigenvalue weighted by Gasteiger charge is -2.39. The molecule has 0 radical (unpaired) electrons. The predicted octanol–water partition coefficient (Wildman–Crippen LogP) is 2.27. The van der Waals surface area contributed by atoms with E-state index in [1.807, 2.05) is 35.2 Å². The van der Waals surface area contributed by atoms with Gasteiger partial charge in [0, 0.05) is 18.6 Å². The van der Waals surface area contributed by atoms with Gasteiger partial charge in [-0.05, 0) is 24.8 Å². The molecule has 26 heavy (non-hydrogen) atoms. The van der Waals surface area contributed by atoms with Crippen LogP contribution in [0.1, 0.15) is 30.7 Å². The molecule has 6 nitrogen and oxygen atoms in total. The summed E-state index contributed by atoms with van der Waals surface area (Å²) in [6.07, 6.45) is 3.56. The van der Waals surface area contributed by atoms with Gasteiger partial charge in [0.05, 0.1) is 19.2 Å². The third-order valence-corrected chi connectivity index (χ3v) is 5.40. The molecule has 7 heteroatoms. The maximum Gasteiger partial charge on any atom is 0.255 e. The minimum absolute atomic E-state index is 0.0476. The summed E-state index contributed by atoms with van der Waals surface area (Å²) in [6, 6.07) is 9.92. The van der Waals surface area contributed by atoms with Gasteiger partial charge in [0.25, 0.3) is 5.88 Å². The van der Waals surface area contributed by atoms with Gasteiger partial charge in [0.2, 0.25) is 17.7 Å². The van der Waals surface area contributed by atoms with Crippen LogP contribution in [0.2, 0.25) is 0 Å². The molecule has 0 bridgehead atoms. The van der Waals surface area contributed by atoms with Crippen molar-refractivity contribution in [3.8, 4) is 5.88 Å². The highest BCUT2D eigenvalue weighted by molar-refractivity contribution is 5.87. The molecule has 1 N–H and O–H groups in total. The molecule has 2 aliphatic heterocycles. The summed E-state index contributed by atoms with van der Waals surface area (Å²) in [5, 5.41) is 3.23. The molecular formula is C19H21FN4O2. The van der Waals surface area contributed by atoms with Crippen molar-refractivity contribution in [1.82, 2.24) is 15.3 Å². The number of hydrogen-bond acceptors (Lipinski definition) is 5. The van der Waals surface area contributed by atoms with Crippen molar-refractivity contribution < 1.29 is 13.9 Å². The van der Waals surface area contributed by atoms with Gasteiger partial charge in [-0.3, -0.25) is 4.79 Å². The van der Waals surface area contributed by atoms with Crippen LogP contribution in [0.4, 0.5) is 10.3 Å². The van der Waals surface area contributed by atoms with Crippen molar-refractivity contribution in [3.05, 3.63) is 47.9 Å². The Labute approximate surface area is 151 Å². The van der Waals surface area contributed by atoms with Crippen LogP contribution in [0.15, 0.2) is 36.5 Å². The lowest BCUT2D eigenvalue weighted by Crippen LogP contribution is -2.51. The maximum atomic E-state index is 13.5. The second-order valence-electron chi connectivity index (χ2n) is 6.95. The van der Waals surface area contributed by atoms with Gasteiger partial charge in [0.15, 0.2) is 0 Å². The van der Waals surface area contributed by atoms with Crippen molar-refractivity contribution in [2.75, 3.05) is 25.1 Å². The lowest BCUT2D eigenvalue weighted by molar-refractivity contribution is -0.121. The zero-order valence-electron chi connectivity index (χ0n) is 14.6. The molecule has 136 valence electrons. The van der Waals surface area contributed by atoms with Gasteiger partial charge in [-0.25, -0.2) is 4.98 Å². The highest BCUT2D eigenvalue weighted by Gasteiger charge is 2.46. The van der Waals surface area contributed by atoms with E-state index in [1.165, 1.54) is 7.11 Å². The minimum Gasteiger partial charge on any atom is -0.479 e. The summed E-state index contributed by atoms with van der Waals surface area (Å²) in [6.45, 7) is 1.41. The van der Waals surface area contributed by atoms with E-state index in [-0.39, 0.29) is 23.2 Å². The number of ether oxygens (including phenoxy) is 1. The molecule has 3 heterocycles. The fraction of sp³-hybridized carbons (Fsp3) is 0.421. The normalized spacial score (nSPS) is 21.7. The number of piperidine rings is 1. The van der Waals surface area contributed by atoms with E-state index in [4.69, 9.17) is 4.74 Å². The zero-order chi connectivity index (χ0) is 18.1. The van der Waals surface area contributed by atoms with E-state index in [1.54, 1.807) is 0 Å². The number of methoxy groups -OCH3 is 1. The number of aromatic nitrogens is 2. The molecule has 4 rings (SSSR count). The van der Waals surface area contributed by atoms with Crippen LogP contribution in [0.25, 0.3) is 0 Å². The quantitative estimate of drug-likeness (QED) is 0.914. The van der Waals surface area contributed by atoms with E-state index in [9.17, 15) is 9.18 Å². The van der Waals surface area contributed by atoms with Crippen LogP contribution in [-0.4, -0.2) is 41.6 Å². The first-order valence-corrected chi connectivity index (χ1v) is 8.79. The number of rotatable bonds is 3. The summed E-state index contributed by atoms with van der Waals surface area (Å²) in [4.78, 5) is 22.7. The fourth-order valence-corrected chi connectivity index (χ4v) is 3.94. The first-order chi connectivity index (χ1) is 12.6. The number of halogens is 1. The van der Waals surface area contributed by atoms with E-state index in [2.05, 4.69) is 15.3 Å². The Balaban J connectivity index is 1.46. The van der Waals surface area contributed by atoms with E-state index >= 15 is 0 Å². The average molecular weight is 356 g/mol. The van der Waals surface area contributed by atoms with Gasteiger partial charge >= 0.3 is 0 Å². The second-order valence-corrected chi connectivity index (χ2v) is 6.95. The summed E-state index contributed by atoms with van der Waals surface area (Å²) < 4.78 is 18.4. The van der Waals surface area contributed by atoms with E-state index in [0.717, 1.165) is 31.0 Å². The number of anilines is 1. The molecule has 2 saturated heterocycles. The van der Waals surface area contributed by atoms with Crippen LogP contribution in [0.5, 0.6) is 5.88 Å². The number of nitrogens with zero attached hydrogens (tertiary/aromatic N) is 3. The number of carbonyl (C=O) groups excluding carboxylic acids is 1. The standard InChI is InChI=1S/C19H21FN4O2/c1-26-17-15(20)12-21-18(22-17)24-9-7-19(8-10-24)11-14(16(25)23-19)13-5-3-2-4-6-13/h2-6,12,14H,7-11H2,1H3,(H,23,25)/t14-/m1/s1. The van der Waals surface area contributed by atoms with Gasteiger partial charge in [-0.1, -0.05) is 30.3 Å². The molecule has 2 fully saturated rings. The SMILES string of the molecule is COc1nc(N2CCC3(CC2)C[C@H](c2ccccc2)C(=O)N3)ncc1F. The Kier molecular flexibility index (Phi) is 4.22. The Hall–Kier alpha value is -2.70. The molecule has 0 unspecified atom stereocenters. The Morgan fingerprint density at radius 3 is 2.69 bits per heavy atom. The van der Waals surface area contributed by atoms with Crippen LogP contribution in [0.3, 0.4) is 0 Å². The molecule has 1 aromatic carbocycles. The molecule has 1 amide bonds. The maximum absolute atomic E-state index is 13.5. The predicted molar refractivity (Wildman–Crippen MR) is 94.7 cm³/mol. The molecule has 0 aliphatic carbocycles. The number of carbonyl (C=O) groups is 1. The van der Waals surface area contributed by atoms with E-state index in [0.29, 0.717) is 19.0 Å². The average Bonchev–Trinajstić information content (AvgIpc) is 2.99. The Morgan fingerprint density at radius 1 is 1.27 bits per heavy atom. The van der Waals surface area contributed by atoms with Crippen molar-refractivity contribution in [3.63, 3.8) is 0 Å². The molecule has 1 atom stereocenters. The summed E-state index contributed by atoms with van der Waals surface area (Å²) in [5.74, 6) is -0.150. The first kappa shape index (κ1) is 16.8. The van der Waals surface area contributed by atoms with Crippen molar-refractivity contribution in [2.24, 2.45) is 0 Å². The number of amides is 1. The third-order valence-electron chi connectivity index (χ3n) is 5.40. The van der Waals surface area contributed by atoms with Gasteiger partial charge in [0.1, 0.15) is 0 Å². The van der Waals surface area contributed by atoms with Crippen LogP contribution in [-0.2, 0) is 4.79 Å². The summed E-state index contributed by atoms with van der Waals surface area (Å²) in [5.41, 5.74) is 0.883. The van der Waals surface area contributed by atoms with Crippen LogP contribution in [0, 0.1) is 5.82 Å². The monoisotopic (exact) mass is 356 g/mol. The molecule has 2 aromatic rings. The number of benzene rings is 1. The zero-order valence-corrected chi connectivity index (χ0v) is 14.6. The highest BCUT2D eigenvalue weighted by atomic mass is 19.1. The topological polar surface area (TPSA) is 67.3 Å². The largest absolute Gasteiger partial charge is 0.479 e. The Morgan fingerprint density at radius 2 is 2.00 bits per heavy atom. The van der Waals surface area contributed by atoms with Gasteiger partial charge in [-0.15, -0.1) is 0 Å². The minimum atomic E-state index is -0.571. The van der Waals surface area contributed by atoms with Crippen molar-refractivity contribution in [2.45, 2.75) is 30.7 Å². The van der Waals surface area contributed by atoms with Gasteiger partial charge < -0.3 is 15.0 Å². The highest BCUT2D eigenvalue weighted by Crippen LogP contribution is 2.39. The fourth-order valence-electron chi connectivity index (χ4n) is 3.94. The van der Waals surface area contributed by atoms with Crippen LogP contribution >= 0.6 is 0 Å². The molecule has 0 saturated carbocycles. The number of nitrogens with one attached hydrogen (secondary N) is 1. The summed E-state index contributed by atoms with van der Waals surface area (Å²) >= 11 is 0. The lowest BCUT2D eigenvalue weighted by atomic mass is 9.82. The molecule has 1 spiro atoms. The van der Waals surface area contributed by atoms with Crippen molar-refractivity contribution >= 4 is 11.9 Å². The Bertz CT molecular complexity index is 806. The van der Waals surface area contributed by atoms with E-state index < -0.39 is 5.82 Å². The third kappa shape index (κ3) is 2.98.